The molecule has 0 N–H and O–H groups in total. The van der Waals surface area contributed by atoms with Gasteiger partial charge in [-0.1, -0.05) is 12.2 Å². The number of aryl methyl sites for hydroxylation is 1. The van der Waals surface area contributed by atoms with Crippen LogP contribution in [-0.2, 0) is 24.4 Å². The molecular formula is C17H21N5O. The number of carbonyl (C=O) groups excluding carboxylic acids is 1. The summed E-state index contributed by atoms with van der Waals surface area (Å²) >= 11 is 0. The quantitative estimate of drug-likeness (QED) is 0.813. The molecule has 23 heavy (non-hydrogen) atoms. The zero-order valence-corrected chi connectivity index (χ0v) is 13.1. The van der Waals surface area contributed by atoms with Crippen molar-refractivity contribution in [3.05, 3.63) is 48.6 Å². The van der Waals surface area contributed by atoms with Crippen molar-refractivity contribution >= 4 is 5.91 Å². The second kappa shape index (κ2) is 6.02. The van der Waals surface area contributed by atoms with Gasteiger partial charge in [-0.3, -0.25) is 4.79 Å². The second-order valence-corrected chi connectivity index (χ2v) is 6.32. The number of carbonyl (C=O) groups is 1. The van der Waals surface area contributed by atoms with E-state index < -0.39 is 0 Å². The van der Waals surface area contributed by atoms with Crippen LogP contribution in [0.3, 0.4) is 0 Å². The van der Waals surface area contributed by atoms with Gasteiger partial charge in [0.25, 0.3) is 0 Å². The average Bonchev–Trinajstić information content (AvgIpc) is 3.29. The first-order valence-electron chi connectivity index (χ1n) is 8.23. The van der Waals surface area contributed by atoms with Crippen LogP contribution >= 0.6 is 0 Å². The van der Waals surface area contributed by atoms with Crippen molar-refractivity contribution in [3.8, 4) is 0 Å². The molecule has 0 saturated carbocycles. The fourth-order valence-electron chi connectivity index (χ4n) is 3.47. The first-order chi connectivity index (χ1) is 11.3. The Balaban J connectivity index is 1.55. The maximum atomic E-state index is 12.8. The Morgan fingerprint density at radius 2 is 2.09 bits per heavy atom. The molecule has 0 bridgehead atoms. The number of aromatic nitrogens is 4. The van der Waals surface area contributed by atoms with Crippen molar-refractivity contribution in [2.75, 3.05) is 6.54 Å². The normalized spacial score (nSPS) is 18.2. The summed E-state index contributed by atoms with van der Waals surface area (Å²) in [4.78, 5) is 23.4. The van der Waals surface area contributed by atoms with Gasteiger partial charge in [-0.05, 0) is 19.3 Å². The predicted molar refractivity (Wildman–Crippen MR) is 85.5 cm³/mol. The number of rotatable bonds is 3. The smallest absolute Gasteiger partial charge is 0.226 e. The van der Waals surface area contributed by atoms with Crippen LogP contribution in [0.5, 0.6) is 0 Å². The van der Waals surface area contributed by atoms with E-state index in [0.717, 1.165) is 43.7 Å². The van der Waals surface area contributed by atoms with Gasteiger partial charge < -0.3 is 14.0 Å². The van der Waals surface area contributed by atoms with Crippen LogP contribution in [-0.4, -0.2) is 36.5 Å². The molecule has 0 fully saturated rings. The van der Waals surface area contributed by atoms with Crippen molar-refractivity contribution in [1.82, 2.24) is 24.0 Å². The van der Waals surface area contributed by atoms with Gasteiger partial charge in [0, 0.05) is 31.4 Å². The highest BCUT2D eigenvalue weighted by Gasteiger charge is 2.28. The van der Waals surface area contributed by atoms with E-state index in [-0.39, 0.29) is 5.92 Å². The first kappa shape index (κ1) is 14.2. The molecule has 1 aliphatic carbocycles. The summed E-state index contributed by atoms with van der Waals surface area (Å²) in [7, 11) is 0. The fourth-order valence-corrected chi connectivity index (χ4v) is 3.47. The molecule has 0 aromatic carbocycles. The Bertz CT molecular complexity index is 707. The summed E-state index contributed by atoms with van der Waals surface area (Å²) in [5.74, 6) is 0.430. The molecule has 4 rings (SSSR count). The van der Waals surface area contributed by atoms with Crippen LogP contribution in [0.1, 0.15) is 30.7 Å². The second-order valence-electron chi connectivity index (χ2n) is 6.32. The maximum Gasteiger partial charge on any atom is 0.226 e. The van der Waals surface area contributed by atoms with Crippen LogP contribution in [0.2, 0.25) is 0 Å². The van der Waals surface area contributed by atoms with E-state index in [1.54, 1.807) is 12.5 Å². The lowest BCUT2D eigenvalue weighted by Crippen LogP contribution is -2.35. The molecule has 2 aliphatic rings. The van der Waals surface area contributed by atoms with E-state index in [9.17, 15) is 4.79 Å². The first-order valence-corrected chi connectivity index (χ1v) is 8.23. The average molecular weight is 311 g/mol. The summed E-state index contributed by atoms with van der Waals surface area (Å²) in [5, 5.41) is 0. The summed E-state index contributed by atoms with van der Waals surface area (Å²) in [6.45, 7) is 3.13. The highest BCUT2D eigenvalue weighted by molar-refractivity contribution is 5.79. The molecule has 0 spiro atoms. The highest BCUT2D eigenvalue weighted by Crippen LogP contribution is 2.24. The largest absolute Gasteiger partial charge is 0.336 e. The number of nitrogens with zero attached hydrogens (tertiary/aromatic N) is 5. The number of allylic oxidation sites excluding steroid dienone is 2. The number of imidazole rings is 2. The topological polar surface area (TPSA) is 56.0 Å². The standard InChI is InChI=1S/C17H21N5O/c23-17(14-4-1-2-5-14)21-7-3-8-22-13-19-15(16(22)11-21)10-20-9-6-18-12-20/h1-2,6,9,12-14H,3-5,7-8,10-11H2. The minimum Gasteiger partial charge on any atom is -0.336 e. The van der Waals surface area contributed by atoms with Gasteiger partial charge in [0.15, 0.2) is 0 Å². The fraction of sp³-hybridized carbons (Fsp3) is 0.471. The molecular weight excluding hydrogens is 290 g/mol. The van der Waals surface area contributed by atoms with Crippen molar-refractivity contribution in [2.24, 2.45) is 5.92 Å². The Labute approximate surface area is 135 Å². The minimum absolute atomic E-state index is 0.140. The molecule has 6 nitrogen and oxygen atoms in total. The van der Waals surface area contributed by atoms with Crippen LogP contribution < -0.4 is 0 Å². The molecule has 0 radical (unpaired) electrons. The Morgan fingerprint density at radius 3 is 2.87 bits per heavy atom. The molecule has 0 atom stereocenters. The third-order valence-corrected chi connectivity index (χ3v) is 4.76. The molecule has 6 heteroatoms. The van der Waals surface area contributed by atoms with Gasteiger partial charge in [-0.25, -0.2) is 9.97 Å². The lowest BCUT2D eigenvalue weighted by atomic mass is 10.1. The third kappa shape index (κ3) is 2.81. The number of hydrogen-bond acceptors (Lipinski definition) is 3. The molecule has 2 aromatic rings. The van der Waals surface area contributed by atoms with Gasteiger partial charge >= 0.3 is 0 Å². The molecule has 1 aliphatic heterocycles. The van der Waals surface area contributed by atoms with E-state index in [1.807, 2.05) is 22.0 Å². The number of amides is 1. The van der Waals surface area contributed by atoms with Crippen molar-refractivity contribution in [2.45, 2.75) is 38.9 Å². The van der Waals surface area contributed by atoms with Crippen molar-refractivity contribution in [1.29, 1.82) is 0 Å². The molecule has 0 unspecified atom stereocenters. The van der Waals surface area contributed by atoms with E-state index in [0.29, 0.717) is 19.0 Å². The number of hydrogen-bond donors (Lipinski definition) is 0. The molecule has 2 aromatic heterocycles. The Kier molecular flexibility index (Phi) is 3.73. The summed E-state index contributed by atoms with van der Waals surface area (Å²) in [6, 6.07) is 0. The van der Waals surface area contributed by atoms with Crippen LogP contribution in [0.25, 0.3) is 0 Å². The SMILES string of the molecule is O=C(C1CC=CC1)N1CCCn2cnc(Cn3ccnc3)c2C1. The lowest BCUT2D eigenvalue weighted by molar-refractivity contribution is -0.135. The van der Waals surface area contributed by atoms with Crippen molar-refractivity contribution < 1.29 is 4.79 Å². The van der Waals surface area contributed by atoms with Gasteiger partial charge in [0.1, 0.15) is 0 Å². The van der Waals surface area contributed by atoms with Crippen LogP contribution in [0.4, 0.5) is 0 Å². The zero-order chi connectivity index (χ0) is 15.6. The summed E-state index contributed by atoms with van der Waals surface area (Å²) < 4.78 is 4.22. The van der Waals surface area contributed by atoms with Crippen LogP contribution in [0.15, 0.2) is 37.2 Å². The molecule has 120 valence electrons. The van der Waals surface area contributed by atoms with Gasteiger partial charge in [0.05, 0.1) is 37.1 Å². The summed E-state index contributed by atoms with van der Waals surface area (Å²) in [5.41, 5.74) is 2.20. The Morgan fingerprint density at radius 1 is 1.22 bits per heavy atom. The van der Waals surface area contributed by atoms with Gasteiger partial charge in [0.2, 0.25) is 5.91 Å². The van der Waals surface area contributed by atoms with E-state index in [1.165, 1.54) is 0 Å². The van der Waals surface area contributed by atoms with Gasteiger partial charge in [-0.2, -0.15) is 0 Å². The van der Waals surface area contributed by atoms with E-state index in [2.05, 4.69) is 26.7 Å². The predicted octanol–water partition coefficient (Wildman–Crippen LogP) is 1.83. The van der Waals surface area contributed by atoms with Crippen LogP contribution in [0, 0.1) is 5.92 Å². The lowest BCUT2D eigenvalue weighted by Gasteiger charge is -2.24. The van der Waals surface area contributed by atoms with Gasteiger partial charge in [-0.15, -0.1) is 0 Å². The zero-order valence-electron chi connectivity index (χ0n) is 13.1. The monoisotopic (exact) mass is 311 g/mol. The Hall–Kier alpha value is -2.37. The van der Waals surface area contributed by atoms with Crippen molar-refractivity contribution in [3.63, 3.8) is 0 Å². The van der Waals surface area contributed by atoms with E-state index >= 15 is 0 Å². The minimum atomic E-state index is 0.140. The number of fused-ring (bicyclic) bond motifs is 1. The highest BCUT2D eigenvalue weighted by atomic mass is 16.2. The molecule has 1 amide bonds. The van der Waals surface area contributed by atoms with E-state index in [4.69, 9.17) is 0 Å². The maximum absolute atomic E-state index is 12.8. The third-order valence-electron chi connectivity index (χ3n) is 4.76. The molecule has 0 saturated heterocycles. The molecule has 3 heterocycles. The summed E-state index contributed by atoms with van der Waals surface area (Å²) in [6.07, 6.45) is 14.4.